The summed E-state index contributed by atoms with van der Waals surface area (Å²) in [7, 11) is 1.43. The highest BCUT2D eigenvalue weighted by atomic mass is 16.5. The van der Waals surface area contributed by atoms with Crippen LogP contribution in [0.3, 0.4) is 0 Å². The molecule has 0 bridgehead atoms. The Hall–Kier alpha value is -3.12. The van der Waals surface area contributed by atoms with Crippen molar-refractivity contribution in [3.63, 3.8) is 0 Å². The summed E-state index contributed by atoms with van der Waals surface area (Å²) in [5.41, 5.74) is 6.34. The summed E-state index contributed by atoms with van der Waals surface area (Å²) < 4.78 is 10.2. The van der Waals surface area contributed by atoms with Crippen molar-refractivity contribution in [3.8, 4) is 11.4 Å². The normalized spacial score (nSPS) is 17.2. The Morgan fingerprint density at radius 2 is 1.61 bits per heavy atom. The SMILES string of the molecule is COC(=O)CCCCN1CCN(c2nc(-c3cnc(N)nc3)nc(N3CCOCC3)n2)CC1. The number of nitrogens with two attached hydrogens (primary N) is 1. The molecule has 2 saturated heterocycles. The lowest BCUT2D eigenvalue weighted by atomic mass is 10.2. The number of nitrogens with zero attached hydrogens (tertiary/aromatic N) is 8. The molecule has 0 amide bonds. The zero-order chi connectivity index (χ0) is 23.0. The highest BCUT2D eigenvalue weighted by molar-refractivity contribution is 5.69. The lowest BCUT2D eigenvalue weighted by Gasteiger charge is -2.35. The van der Waals surface area contributed by atoms with Gasteiger partial charge in [-0.05, 0) is 19.4 Å². The molecule has 2 aromatic heterocycles. The van der Waals surface area contributed by atoms with Gasteiger partial charge in [0.05, 0.1) is 25.9 Å². The Balaban J connectivity index is 1.43. The quantitative estimate of drug-likeness (QED) is 0.429. The van der Waals surface area contributed by atoms with Crippen molar-refractivity contribution in [2.45, 2.75) is 19.3 Å². The van der Waals surface area contributed by atoms with E-state index in [0.29, 0.717) is 42.9 Å². The van der Waals surface area contributed by atoms with Gasteiger partial charge in [-0.1, -0.05) is 0 Å². The maximum absolute atomic E-state index is 11.3. The first-order chi connectivity index (χ1) is 16.1. The number of aromatic nitrogens is 5. The van der Waals surface area contributed by atoms with Gasteiger partial charge in [0.25, 0.3) is 0 Å². The van der Waals surface area contributed by atoms with Crippen molar-refractivity contribution in [2.24, 2.45) is 0 Å². The van der Waals surface area contributed by atoms with Crippen LogP contribution in [-0.2, 0) is 14.3 Å². The maximum atomic E-state index is 11.3. The molecular formula is C21H31N9O3. The third-order valence-electron chi connectivity index (χ3n) is 5.82. The standard InChI is InChI=1S/C21H31N9O3/c1-32-17(31)4-2-3-5-28-6-8-29(9-7-28)20-25-18(16-14-23-19(22)24-15-16)26-21(27-20)30-10-12-33-13-11-30/h14-15H,2-13H2,1H3,(H2,22,23,24). The second-order valence-electron chi connectivity index (χ2n) is 8.05. The van der Waals surface area contributed by atoms with Crippen LogP contribution in [0, 0.1) is 0 Å². The Kier molecular flexibility index (Phi) is 7.79. The third-order valence-corrected chi connectivity index (χ3v) is 5.82. The molecule has 4 heterocycles. The Labute approximate surface area is 193 Å². The van der Waals surface area contributed by atoms with Crippen LogP contribution in [0.15, 0.2) is 12.4 Å². The van der Waals surface area contributed by atoms with Gasteiger partial charge in [0.2, 0.25) is 17.8 Å². The van der Waals surface area contributed by atoms with Gasteiger partial charge in [0.15, 0.2) is 5.82 Å². The van der Waals surface area contributed by atoms with Gasteiger partial charge in [0.1, 0.15) is 0 Å². The van der Waals surface area contributed by atoms with Crippen LogP contribution in [0.4, 0.5) is 17.8 Å². The lowest BCUT2D eigenvalue weighted by Crippen LogP contribution is -2.47. The highest BCUT2D eigenvalue weighted by Crippen LogP contribution is 2.22. The second-order valence-corrected chi connectivity index (χ2v) is 8.05. The van der Waals surface area contributed by atoms with E-state index < -0.39 is 0 Å². The number of anilines is 3. The molecule has 0 unspecified atom stereocenters. The average molecular weight is 458 g/mol. The number of hydrogen-bond acceptors (Lipinski definition) is 12. The number of ether oxygens (including phenoxy) is 2. The maximum Gasteiger partial charge on any atom is 0.305 e. The van der Waals surface area contributed by atoms with E-state index >= 15 is 0 Å². The first-order valence-corrected chi connectivity index (χ1v) is 11.3. The van der Waals surface area contributed by atoms with E-state index in [1.165, 1.54) is 7.11 Å². The van der Waals surface area contributed by atoms with Crippen molar-refractivity contribution in [1.29, 1.82) is 0 Å². The number of morpholine rings is 1. The third kappa shape index (κ3) is 6.23. The first kappa shape index (κ1) is 23.1. The van der Waals surface area contributed by atoms with Crippen LogP contribution in [-0.4, -0.2) is 102 Å². The summed E-state index contributed by atoms with van der Waals surface area (Å²) in [4.78, 5) is 40.4. The van der Waals surface area contributed by atoms with Crippen LogP contribution in [0.1, 0.15) is 19.3 Å². The fourth-order valence-corrected chi connectivity index (χ4v) is 3.86. The molecule has 0 saturated carbocycles. The molecule has 4 rings (SSSR count). The van der Waals surface area contributed by atoms with E-state index in [1.54, 1.807) is 12.4 Å². The number of nitrogen functional groups attached to an aromatic ring is 1. The van der Waals surface area contributed by atoms with E-state index in [1.807, 2.05) is 0 Å². The summed E-state index contributed by atoms with van der Waals surface area (Å²) in [6.45, 7) is 7.21. The van der Waals surface area contributed by atoms with E-state index in [4.69, 9.17) is 30.2 Å². The zero-order valence-electron chi connectivity index (χ0n) is 19.0. The van der Waals surface area contributed by atoms with E-state index in [-0.39, 0.29) is 11.9 Å². The van der Waals surface area contributed by atoms with Gasteiger partial charge in [-0.15, -0.1) is 0 Å². The van der Waals surface area contributed by atoms with Crippen molar-refractivity contribution in [2.75, 3.05) is 81.7 Å². The molecule has 0 aliphatic carbocycles. The van der Waals surface area contributed by atoms with E-state index in [2.05, 4.69) is 24.7 Å². The Morgan fingerprint density at radius 3 is 2.24 bits per heavy atom. The molecular weight excluding hydrogens is 426 g/mol. The molecule has 2 aliphatic rings. The monoisotopic (exact) mass is 457 g/mol. The lowest BCUT2D eigenvalue weighted by molar-refractivity contribution is -0.140. The predicted molar refractivity (Wildman–Crippen MR) is 123 cm³/mol. The minimum atomic E-state index is -0.145. The topological polar surface area (TPSA) is 136 Å². The van der Waals surface area contributed by atoms with Crippen LogP contribution in [0.5, 0.6) is 0 Å². The van der Waals surface area contributed by atoms with Crippen molar-refractivity contribution in [1.82, 2.24) is 29.8 Å². The Morgan fingerprint density at radius 1 is 0.970 bits per heavy atom. The molecule has 33 heavy (non-hydrogen) atoms. The molecule has 0 atom stereocenters. The number of carbonyl (C=O) groups excluding carboxylic acids is 1. The van der Waals surface area contributed by atoms with Gasteiger partial charge in [-0.25, -0.2) is 9.97 Å². The fraction of sp³-hybridized carbons (Fsp3) is 0.619. The smallest absolute Gasteiger partial charge is 0.305 e. The molecule has 0 spiro atoms. The number of hydrogen-bond donors (Lipinski definition) is 1. The summed E-state index contributed by atoms with van der Waals surface area (Å²) in [6.07, 6.45) is 5.57. The van der Waals surface area contributed by atoms with Crippen molar-refractivity contribution < 1.29 is 14.3 Å². The fourth-order valence-electron chi connectivity index (χ4n) is 3.86. The van der Waals surface area contributed by atoms with Gasteiger partial charge < -0.3 is 25.0 Å². The van der Waals surface area contributed by atoms with Crippen molar-refractivity contribution >= 4 is 23.8 Å². The largest absolute Gasteiger partial charge is 0.469 e. The van der Waals surface area contributed by atoms with Crippen molar-refractivity contribution in [3.05, 3.63) is 12.4 Å². The summed E-state index contributed by atoms with van der Waals surface area (Å²) in [6, 6.07) is 0. The minimum absolute atomic E-state index is 0.145. The number of carbonyl (C=O) groups is 1. The molecule has 2 aromatic rings. The van der Waals surface area contributed by atoms with Crippen LogP contribution >= 0.6 is 0 Å². The Bertz CT molecular complexity index is 914. The molecule has 0 aromatic carbocycles. The number of methoxy groups -OCH3 is 1. The average Bonchev–Trinajstić information content (AvgIpc) is 2.87. The summed E-state index contributed by atoms with van der Waals surface area (Å²) >= 11 is 0. The summed E-state index contributed by atoms with van der Waals surface area (Å²) in [5.74, 6) is 1.90. The first-order valence-electron chi connectivity index (χ1n) is 11.3. The van der Waals surface area contributed by atoms with Gasteiger partial charge in [0, 0.05) is 58.1 Å². The van der Waals surface area contributed by atoms with Gasteiger partial charge >= 0.3 is 5.97 Å². The number of rotatable bonds is 8. The second kappa shape index (κ2) is 11.1. The number of esters is 1. The molecule has 12 heteroatoms. The molecule has 2 fully saturated rings. The molecule has 12 nitrogen and oxygen atoms in total. The highest BCUT2D eigenvalue weighted by Gasteiger charge is 2.23. The molecule has 2 aliphatic heterocycles. The summed E-state index contributed by atoms with van der Waals surface area (Å²) in [5, 5.41) is 0. The van der Waals surface area contributed by atoms with Crippen LogP contribution in [0.25, 0.3) is 11.4 Å². The van der Waals surface area contributed by atoms with Crippen LogP contribution < -0.4 is 15.5 Å². The van der Waals surface area contributed by atoms with E-state index in [9.17, 15) is 4.79 Å². The predicted octanol–water partition coefficient (Wildman–Crippen LogP) is 0.213. The van der Waals surface area contributed by atoms with Crippen LogP contribution in [0.2, 0.25) is 0 Å². The number of unbranched alkanes of at least 4 members (excludes halogenated alkanes) is 1. The number of piperazine rings is 1. The molecule has 2 N–H and O–H groups in total. The minimum Gasteiger partial charge on any atom is -0.469 e. The van der Waals surface area contributed by atoms with Gasteiger partial charge in [-0.2, -0.15) is 15.0 Å². The zero-order valence-corrected chi connectivity index (χ0v) is 19.0. The van der Waals surface area contributed by atoms with E-state index in [0.717, 1.165) is 58.7 Å². The molecule has 0 radical (unpaired) electrons. The molecule has 178 valence electrons. The van der Waals surface area contributed by atoms with Gasteiger partial charge in [-0.3, -0.25) is 9.69 Å².